The van der Waals surface area contributed by atoms with E-state index in [1.807, 2.05) is 0 Å². The van der Waals surface area contributed by atoms with Crippen molar-refractivity contribution in [3.05, 3.63) is 46.5 Å². The molecule has 11 heteroatoms. The number of ketones is 1. The van der Waals surface area contributed by atoms with Gasteiger partial charge in [-0.25, -0.2) is 13.8 Å². The maximum Gasteiger partial charge on any atom is 0.270 e. The second kappa shape index (κ2) is 11.3. The Hall–Kier alpha value is -2.85. The summed E-state index contributed by atoms with van der Waals surface area (Å²) >= 11 is 5.89. The Balaban J connectivity index is 1.26. The molecule has 1 aromatic heterocycles. The topological polar surface area (TPSA) is 113 Å². The average Bonchev–Trinajstić information content (AvgIpc) is 3.54. The Labute approximate surface area is 206 Å². The zero-order chi connectivity index (χ0) is 24.9. The quantitative estimate of drug-likeness (QED) is 0.361. The molecule has 2 fully saturated rings. The summed E-state index contributed by atoms with van der Waals surface area (Å²) in [5.74, 6) is -3.49. The van der Waals surface area contributed by atoms with Crippen molar-refractivity contribution in [2.75, 3.05) is 11.9 Å². The van der Waals surface area contributed by atoms with Crippen LogP contribution in [0.1, 0.15) is 72.3 Å². The van der Waals surface area contributed by atoms with Gasteiger partial charge in [0.05, 0.1) is 23.1 Å². The van der Waals surface area contributed by atoms with E-state index < -0.39 is 17.5 Å². The normalized spacial score (nSPS) is 22.1. The number of hydrogen-bond donors (Lipinski definition) is 3. The minimum Gasteiger partial charge on any atom is -0.378 e. The van der Waals surface area contributed by atoms with E-state index in [1.165, 1.54) is 6.33 Å². The van der Waals surface area contributed by atoms with Crippen molar-refractivity contribution in [1.29, 1.82) is 0 Å². The average molecular weight is 509 g/mol. The number of nitrogens with one attached hydrogen (secondary N) is 3. The zero-order valence-corrected chi connectivity index (χ0v) is 19.8. The van der Waals surface area contributed by atoms with Crippen LogP contribution < -0.4 is 10.6 Å². The fourth-order valence-electron chi connectivity index (χ4n) is 4.57. The summed E-state index contributed by atoms with van der Waals surface area (Å²) in [6.45, 7) is 0.720. The minimum atomic E-state index is -1.10. The van der Waals surface area contributed by atoms with Gasteiger partial charge in [-0.05, 0) is 51.0 Å². The van der Waals surface area contributed by atoms with Gasteiger partial charge in [0, 0.05) is 31.1 Å². The lowest BCUT2D eigenvalue weighted by Crippen LogP contribution is -2.40. The number of nitrogens with zero attached hydrogens (tertiary/aromatic N) is 1. The summed E-state index contributed by atoms with van der Waals surface area (Å²) in [4.78, 5) is 44.8. The van der Waals surface area contributed by atoms with E-state index in [9.17, 15) is 23.2 Å². The molecule has 1 unspecified atom stereocenters. The third-order valence-electron chi connectivity index (χ3n) is 6.55. The number of amides is 2. The predicted molar refractivity (Wildman–Crippen MR) is 124 cm³/mol. The van der Waals surface area contributed by atoms with E-state index in [4.69, 9.17) is 16.3 Å². The van der Waals surface area contributed by atoms with Crippen molar-refractivity contribution in [2.24, 2.45) is 5.92 Å². The van der Waals surface area contributed by atoms with Gasteiger partial charge in [0.1, 0.15) is 11.4 Å². The maximum atomic E-state index is 13.5. The van der Waals surface area contributed by atoms with E-state index in [0.717, 1.165) is 31.6 Å². The molecule has 4 rings (SSSR count). The van der Waals surface area contributed by atoms with Crippen LogP contribution in [0.3, 0.4) is 0 Å². The monoisotopic (exact) mass is 508 g/mol. The molecule has 1 saturated carbocycles. The predicted octanol–water partition coefficient (Wildman–Crippen LogP) is 4.41. The lowest BCUT2D eigenvalue weighted by atomic mass is 9.85. The first-order valence-electron chi connectivity index (χ1n) is 11.8. The fraction of sp³-hybridized carbons (Fsp3) is 0.500. The lowest BCUT2D eigenvalue weighted by molar-refractivity contribution is -0.120. The molecule has 35 heavy (non-hydrogen) atoms. The maximum absolute atomic E-state index is 13.5. The number of anilines is 1. The highest BCUT2D eigenvalue weighted by Gasteiger charge is 2.29. The van der Waals surface area contributed by atoms with Gasteiger partial charge < -0.3 is 20.4 Å². The highest BCUT2D eigenvalue weighted by atomic mass is 35.5. The summed E-state index contributed by atoms with van der Waals surface area (Å²) in [6, 6.07) is 1.50. The van der Waals surface area contributed by atoms with Crippen molar-refractivity contribution in [3.8, 4) is 0 Å². The number of benzene rings is 1. The van der Waals surface area contributed by atoms with Crippen LogP contribution in [-0.2, 0) is 9.53 Å². The summed E-state index contributed by atoms with van der Waals surface area (Å²) < 4.78 is 32.3. The summed E-state index contributed by atoms with van der Waals surface area (Å²) in [5.41, 5.74) is 0.272. The van der Waals surface area contributed by atoms with Crippen LogP contribution in [0.2, 0.25) is 5.02 Å². The van der Waals surface area contributed by atoms with Crippen LogP contribution in [0.25, 0.3) is 0 Å². The van der Waals surface area contributed by atoms with Gasteiger partial charge in [-0.15, -0.1) is 0 Å². The second-order valence-corrected chi connectivity index (χ2v) is 9.39. The molecule has 8 nitrogen and oxygen atoms in total. The second-order valence-electron chi connectivity index (χ2n) is 8.98. The van der Waals surface area contributed by atoms with Gasteiger partial charge in [0.15, 0.2) is 17.4 Å². The molecule has 3 N–H and O–H groups in total. The minimum absolute atomic E-state index is 0.0157. The highest BCUT2D eigenvalue weighted by Crippen LogP contribution is 2.29. The SMILES string of the molecule is O=C(CCC1CCCO1)c1nc[nH]c1C(=O)NC1CCC(C(=O)Nc2cc(F)c(F)cc2Cl)CC1. The van der Waals surface area contributed by atoms with Crippen molar-refractivity contribution in [1.82, 2.24) is 15.3 Å². The van der Waals surface area contributed by atoms with Gasteiger partial charge >= 0.3 is 0 Å². The Bertz CT molecular complexity index is 1100. The summed E-state index contributed by atoms with van der Waals surface area (Å²) in [7, 11) is 0. The molecule has 2 heterocycles. The first-order valence-corrected chi connectivity index (χ1v) is 12.1. The summed E-state index contributed by atoms with van der Waals surface area (Å²) in [6.07, 6.45) is 6.30. The van der Waals surface area contributed by atoms with Crippen LogP contribution >= 0.6 is 11.6 Å². The highest BCUT2D eigenvalue weighted by molar-refractivity contribution is 6.33. The van der Waals surface area contributed by atoms with E-state index in [-0.39, 0.29) is 58.3 Å². The number of Topliss-reactive ketones (excluding diaryl/α,β-unsaturated/α-hetero) is 1. The number of hydrogen-bond acceptors (Lipinski definition) is 5. The van der Waals surface area contributed by atoms with Crippen molar-refractivity contribution < 1.29 is 27.9 Å². The molecular formula is C24H27ClF2N4O4. The molecule has 1 aromatic carbocycles. The molecular weight excluding hydrogens is 482 g/mol. The molecule has 2 amide bonds. The number of ether oxygens (including phenoxy) is 1. The van der Waals surface area contributed by atoms with Gasteiger partial charge in [0.25, 0.3) is 5.91 Å². The van der Waals surface area contributed by atoms with Gasteiger partial charge in [0.2, 0.25) is 5.91 Å². The number of aromatic amines is 1. The number of carbonyl (C=O) groups is 3. The molecule has 2 aromatic rings. The zero-order valence-electron chi connectivity index (χ0n) is 19.0. The number of imidazole rings is 1. The molecule has 1 atom stereocenters. The first-order chi connectivity index (χ1) is 16.8. The molecule has 2 aliphatic rings. The molecule has 1 saturated heterocycles. The Morgan fingerprint density at radius 3 is 2.57 bits per heavy atom. The number of carbonyl (C=O) groups excluding carboxylic acids is 3. The summed E-state index contributed by atoms with van der Waals surface area (Å²) in [5, 5.41) is 5.38. The van der Waals surface area contributed by atoms with Crippen LogP contribution in [-0.4, -0.2) is 46.3 Å². The largest absolute Gasteiger partial charge is 0.378 e. The lowest BCUT2D eigenvalue weighted by Gasteiger charge is -2.28. The van der Waals surface area contributed by atoms with Crippen molar-refractivity contribution >= 4 is 34.9 Å². The van der Waals surface area contributed by atoms with E-state index in [2.05, 4.69) is 20.6 Å². The standard InChI is InChI=1S/C24H27ClF2N4O4/c25-16-10-17(26)18(27)11-19(16)31-23(33)13-3-5-14(6-4-13)30-24(34)22-21(28-12-29-22)20(32)8-7-15-2-1-9-35-15/h10-15H,1-9H2,(H,28,29)(H,30,34)(H,31,33). The molecule has 1 aliphatic carbocycles. The Morgan fingerprint density at radius 1 is 1.11 bits per heavy atom. The smallest absolute Gasteiger partial charge is 0.270 e. The third kappa shape index (κ3) is 6.24. The van der Waals surface area contributed by atoms with Gasteiger partial charge in [-0.3, -0.25) is 14.4 Å². The number of halogens is 3. The van der Waals surface area contributed by atoms with Gasteiger partial charge in [-0.2, -0.15) is 0 Å². The number of rotatable bonds is 8. The Morgan fingerprint density at radius 2 is 1.86 bits per heavy atom. The van der Waals surface area contributed by atoms with E-state index in [0.29, 0.717) is 32.1 Å². The van der Waals surface area contributed by atoms with Gasteiger partial charge in [-0.1, -0.05) is 11.6 Å². The van der Waals surface area contributed by atoms with Crippen molar-refractivity contribution in [3.63, 3.8) is 0 Å². The van der Waals surface area contributed by atoms with E-state index in [1.54, 1.807) is 0 Å². The van der Waals surface area contributed by atoms with Crippen LogP contribution in [0, 0.1) is 17.6 Å². The van der Waals surface area contributed by atoms with E-state index >= 15 is 0 Å². The molecule has 0 radical (unpaired) electrons. The number of H-pyrrole nitrogens is 1. The molecule has 0 bridgehead atoms. The first kappa shape index (κ1) is 25.2. The molecule has 1 aliphatic heterocycles. The molecule has 188 valence electrons. The third-order valence-corrected chi connectivity index (χ3v) is 6.86. The fourth-order valence-corrected chi connectivity index (χ4v) is 4.77. The van der Waals surface area contributed by atoms with Crippen LogP contribution in [0.5, 0.6) is 0 Å². The van der Waals surface area contributed by atoms with Crippen LogP contribution in [0.15, 0.2) is 18.5 Å². The Kier molecular flexibility index (Phi) is 8.12. The van der Waals surface area contributed by atoms with Crippen molar-refractivity contribution in [2.45, 2.75) is 63.5 Å². The number of aromatic nitrogens is 2. The molecule has 0 spiro atoms. The van der Waals surface area contributed by atoms with Crippen LogP contribution in [0.4, 0.5) is 14.5 Å².